The van der Waals surface area contributed by atoms with Gasteiger partial charge in [-0.25, -0.2) is 0 Å². The molecule has 2 rings (SSSR count). The van der Waals surface area contributed by atoms with Crippen LogP contribution in [0.4, 0.5) is 0 Å². The van der Waals surface area contributed by atoms with Crippen molar-refractivity contribution in [2.75, 3.05) is 5.90 Å². The molecule has 1 unspecified atom stereocenters. The summed E-state index contributed by atoms with van der Waals surface area (Å²) in [4.78, 5) is 27.5. The second kappa shape index (κ2) is 6.08. The van der Waals surface area contributed by atoms with E-state index in [0.29, 0.717) is 5.06 Å². The van der Waals surface area contributed by atoms with E-state index in [1.165, 1.54) is 11.3 Å². The van der Waals surface area contributed by atoms with Crippen LogP contribution in [0.15, 0.2) is 41.8 Å². The van der Waals surface area contributed by atoms with E-state index in [-0.39, 0.29) is 0 Å². The van der Waals surface area contributed by atoms with Crippen LogP contribution in [0, 0.1) is 0 Å². The van der Waals surface area contributed by atoms with E-state index in [4.69, 9.17) is 26.1 Å². The molecule has 20 heavy (non-hydrogen) atoms. The van der Waals surface area contributed by atoms with E-state index < -0.39 is 20.0 Å². The van der Waals surface area contributed by atoms with Crippen LogP contribution in [0.3, 0.4) is 0 Å². The maximum atomic E-state index is 10.9. The molecule has 0 spiro atoms. The van der Waals surface area contributed by atoms with Crippen LogP contribution < -0.4 is 4.52 Å². The van der Waals surface area contributed by atoms with Gasteiger partial charge in [0.1, 0.15) is 5.90 Å². The molecule has 2 aromatic rings. The Kier molecular flexibility index (Phi) is 4.82. The monoisotopic (exact) mass is 350 g/mol. The van der Waals surface area contributed by atoms with Gasteiger partial charge in [-0.2, -0.15) is 0 Å². The Morgan fingerprint density at radius 2 is 1.80 bits per heavy atom. The predicted molar refractivity (Wildman–Crippen MR) is 83.8 cm³/mol. The fourth-order valence-corrected chi connectivity index (χ4v) is 6.90. The second-order valence-corrected chi connectivity index (χ2v) is 10.6. The summed E-state index contributed by atoms with van der Waals surface area (Å²) in [5.41, 5.74) is 1.89. The fourth-order valence-electron chi connectivity index (χ4n) is 1.55. The highest BCUT2D eigenvalue weighted by atomic mass is 32.5. The zero-order valence-electron chi connectivity index (χ0n) is 10.1. The van der Waals surface area contributed by atoms with Crippen molar-refractivity contribution in [2.24, 2.45) is 0 Å². The van der Waals surface area contributed by atoms with E-state index in [9.17, 15) is 9.46 Å². The van der Waals surface area contributed by atoms with Gasteiger partial charge in [0.05, 0.1) is 0 Å². The molecule has 0 aliphatic rings. The lowest BCUT2D eigenvalue weighted by atomic mass is 10.1. The van der Waals surface area contributed by atoms with E-state index in [1.807, 2.05) is 35.7 Å². The molecular weight excluding hydrogens is 338 g/mol. The summed E-state index contributed by atoms with van der Waals surface area (Å²) < 4.78 is 16.1. The van der Waals surface area contributed by atoms with Crippen LogP contribution in [0.2, 0.25) is 0 Å². The fraction of sp³-hybridized carbons (Fsp3) is 0.0909. The number of hydrogen-bond donors (Lipinski definition) is 3. The van der Waals surface area contributed by atoms with Crippen molar-refractivity contribution in [3.63, 3.8) is 0 Å². The third-order valence-corrected chi connectivity index (χ3v) is 7.86. The van der Waals surface area contributed by atoms with Gasteiger partial charge in [-0.3, -0.25) is 4.57 Å². The van der Waals surface area contributed by atoms with Crippen molar-refractivity contribution >= 4 is 37.2 Å². The largest absolute Gasteiger partial charge is 0.433 e. The molecule has 3 N–H and O–H groups in total. The van der Waals surface area contributed by atoms with E-state index in [2.05, 4.69) is 0 Å². The molecule has 0 saturated heterocycles. The van der Waals surface area contributed by atoms with E-state index >= 15 is 0 Å². The number of hydrogen-bond acceptors (Lipinski definition) is 4. The van der Waals surface area contributed by atoms with Gasteiger partial charge in [0.2, 0.25) is 6.49 Å². The van der Waals surface area contributed by atoms with Gasteiger partial charge in [0.25, 0.3) is 0 Å². The number of benzene rings is 1. The van der Waals surface area contributed by atoms with Crippen molar-refractivity contribution in [3.05, 3.63) is 41.8 Å². The summed E-state index contributed by atoms with van der Waals surface area (Å²) in [6.07, 6.45) is 0. The second-order valence-electron chi connectivity index (χ2n) is 4.06. The highest BCUT2D eigenvalue weighted by Gasteiger charge is 2.28. The van der Waals surface area contributed by atoms with Crippen molar-refractivity contribution in [2.45, 2.75) is 0 Å². The van der Waals surface area contributed by atoms with Crippen LogP contribution >= 0.6 is 25.4 Å². The third kappa shape index (κ3) is 4.79. The molecule has 0 aliphatic carbocycles. The Bertz CT molecular complexity index is 679. The van der Waals surface area contributed by atoms with Crippen molar-refractivity contribution in [1.82, 2.24) is 0 Å². The summed E-state index contributed by atoms with van der Waals surface area (Å²) in [5, 5.41) is 2.18. The van der Waals surface area contributed by atoms with Crippen LogP contribution in [0.25, 0.3) is 11.1 Å². The molecule has 0 radical (unpaired) electrons. The Labute approximate surface area is 125 Å². The van der Waals surface area contributed by atoms with Gasteiger partial charge in [-0.15, -0.1) is 11.3 Å². The Hall–Kier alpha value is -0.520. The lowest BCUT2D eigenvalue weighted by molar-refractivity contribution is 0.376. The highest BCUT2D eigenvalue weighted by molar-refractivity contribution is 8.12. The summed E-state index contributed by atoms with van der Waals surface area (Å²) in [5.74, 6) is -0.825. The molecule has 0 saturated carbocycles. The minimum Gasteiger partial charge on any atom is -0.433 e. The first-order valence-corrected chi connectivity index (χ1v) is 11.0. The van der Waals surface area contributed by atoms with Crippen LogP contribution in [-0.4, -0.2) is 20.6 Å². The average Bonchev–Trinajstić information content (AvgIpc) is 2.74. The quantitative estimate of drug-likeness (QED) is 0.718. The van der Waals surface area contributed by atoms with Gasteiger partial charge < -0.3 is 19.2 Å². The highest BCUT2D eigenvalue weighted by Crippen LogP contribution is 2.56. The van der Waals surface area contributed by atoms with Crippen molar-refractivity contribution in [3.8, 4) is 16.2 Å². The van der Waals surface area contributed by atoms with Crippen LogP contribution in [0.5, 0.6) is 5.06 Å². The molecule has 0 bridgehead atoms. The van der Waals surface area contributed by atoms with Crippen molar-refractivity contribution < 1.29 is 23.8 Å². The Morgan fingerprint density at radius 3 is 2.40 bits per heavy atom. The van der Waals surface area contributed by atoms with Crippen molar-refractivity contribution in [1.29, 1.82) is 0 Å². The first-order valence-electron chi connectivity index (χ1n) is 5.45. The van der Waals surface area contributed by atoms with E-state index in [0.717, 1.165) is 11.1 Å². The summed E-state index contributed by atoms with van der Waals surface area (Å²) >= 11 is 5.98. The molecule has 1 atom stereocenters. The molecule has 108 valence electrons. The maximum Gasteiger partial charge on any atom is 0.336 e. The van der Waals surface area contributed by atoms with Crippen LogP contribution in [-0.2, 0) is 16.4 Å². The number of thiophene rings is 1. The van der Waals surface area contributed by atoms with Gasteiger partial charge in [0.15, 0.2) is 5.06 Å². The first kappa shape index (κ1) is 15.9. The standard InChI is InChI=1S/C11H12O5P2S2/c12-17(13,14)8-18(15,19)16-11-6-10(7-20-11)9-4-2-1-3-5-9/h1-7H,8H2,(H,15,19)(H2,12,13,14). The molecule has 1 heterocycles. The van der Waals surface area contributed by atoms with Gasteiger partial charge in [0, 0.05) is 5.38 Å². The zero-order valence-corrected chi connectivity index (χ0v) is 13.5. The minimum absolute atomic E-state index is 0.350. The first-order chi connectivity index (χ1) is 9.25. The molecule has 0 aliphatic heterocycles. The molecule has 9 heteroatoms. The predicted octanol–water partition coefficient (Wildman–Crippen LogP) is 3.23. The molecule has 0 amide bonds. The lowest BCUT2D eigenvalue weighted by Crippen LogP contribution is -1.96. The third-order valence-electron chi connectivity index (χ3n) is 2.28. The SMILES string of the molecule is O=P(O)(O)CP(O)(=S)Oc1cc(-c2ccccc2)cs1. The Balaban J connectivity index is 2.14. The molecular formula is C11H12O5P2S2. The Morgan fingerprint density at radius 1 is 1.15 bits per heavy atom. The lowest BCUT2D eigenvalue weighted by Gasteiger charge is -2.15. The van der Waals surface area contributed by atoms with E-state index in [1.54, 1.807) is 6.07 Å². The van der Waals surface area contributed by atoms with Gasteiger partial charge in [-0.1, -0.05) is 30.3 Å². The zero-order chi connectivity index (χ0) is 14.8. The van der Waals surface area contributed by atoms with Gasteiger partial charge >= 0.3 is 7.60 Å². The normalized spacial score (nSPS) is 14.8. The smallest absolute Gasteiger partial charge is 0.336 e. The minimum atomic E-state index is -4.40. The topological polar surface area (TPSA) is 87.0 Å². The molecule has 1 aromatic carbocycles. The molecule has 5 nitrogen and oxygen atoms in total. The summed E-state index contributed by atoms with van der Waals surface area (Å²) in [6, 6.07) is 11.3. The average molecular weight is 350 g/mol. The summed E-state index contributed by atoms with van der Waals surface area (Å²) in [6.45, 7) is -3.53. The van der Waals surface area contributed by atoms with Gasteiger partial charge in [-0.05, 0) is 29.0 Å². The molecule has 0 fully saturated rings. The maximum absolute atomic E-state index is 10.9. The number of rotatable bonds is 5. The van der Waals surface area contributed by atoms with Crippen LogP contribution in [0.1, 0.15) is 0 Å². The molecule has 1 aromatic heterocycles. The summed E-state index contributed by atoms with van der Waals surface area (Å²) in [7, 11) is -4.40.